The summed E-state index contributed by atoms with van der Waals surface area (Å²) in [6.45, 7) is 18.0. The van der Waals surface area contributed by atoms with Crippen molar-refractivity contribution < 1.29 is 4.57 Å². The molecule has 0 N–H and O–H groups in total. The van der Waals surface area contributed by atoms with Gasteiger partial charge < -0.3 is 0 Å². The van der Waals surface area contributed by atoms with E-state index in [1.54, 1.807) is 0 Å². The second-order valence-corrected chi connectivity index (χ2v) is 10.1. The van der Waals surface area contributed by atoms with Crippen molar-refractivity contribution in [3.63, 3.8) is 0 Å². The number of rotatable bonds is 5. The Morgan fingerprint density at radius 3 is 2.15 bits per heavy atom. The third-order valence-corrected chi connectivity index (χ3v) is 6.96. The minimum atomic E-state index is 0.432. The van der Waals surface area contributed by atoms with Crippen LogP contribution in [0.25, 0.3) is 28.0 Å². The van der Waals surface area contributed by atoms with Crippen LogP contribution in [0.4, 0.5) is 0 Å². The predicted molar refractivity (Wildman–Crippen MR) is 139 cm³/mol. The second kappa shape index (κ2) is 8.78. The number of fused-ring (bicyclic) bond motifs is 1. The lowest BCUT2D eigenvalue weighted by Crippen LogP contribution is -2.31. The number of hydrogen-bond acceptors (Lipinski definition) is 1. The van der Waals surface area contributed by atoms with Gasteiger partial charge in [0.1, 0.15) is 12.9 Å². The van der Waals surface area contributed by atoms with Crippen LogP contribution < -0.4 is 4.57 Å². The van der Waals surface area contributed by atoms with E-state index in [2.05, 4.69) is 114 Å². The van der Waals surface area contributed by atoms with Crippen molar-refractivity contribution in [2.24, 2.45) is 7.05 Å². The lowest BCUT2D eigenvalue weighted by molar-refractivity contribution is -0.659. The molecule has 0 saturated heterocycles. The highest BCUT2D eigenvalue weighted by Gasteiger charge is 2.26. The summed E-state index contributed by atoms with van der Waals surface area (Å²) < 4.78 is 4.68. The van der Waals surface area contributed by atoms with E-state index < -0.39 is 0 Å². The molecule has 33 heavy (non-hydrogen) atoms. The van der Waals surface area contributed by atoms with Crippen molar-refractivity contribution in [1.82, 2.24) is 9.55 Å². The van der Waals surface area contributed by atoms with Crippen LogP contribution in [0.2, 0.25) is 0 Å². The molecule has 3 heteroatoms. The summed E-state index contributed by atoms with van der Waals surface area (Å²) in [6, 6.07) is 13.6. The van der Waals surface area contributed by atoms with Gasteiger partial charge in [0, 0.05) is 12.5 Å². The molecular weight excluding hydrogens is 402 g/mol. The van der Waals surface area contributed by atoms with Gasteiger partial charge in [0.2, 0.25) is 5.69 Å². The largest absolute Gasteiger partial charge is 0.295 e. The summed E-state index contributed by atoms with van der Waals surface area (Å²) in [5, 5.41) is 0. The summed E-state index contributed by atoms with van der Waals surface area (Å²) >= 11 is 0. The van der Waals surface area contributed by atoms with Gasteiger partial charge in [-0.2, -0.15) is 4.57 Å². The second-order valence-electron chi connectivity index (χ2n) is 10.1. The summed E-state index contributed by atoms with van der Waals surface area (Å²) in [5.41, 5.74) is 12.7. The number of benzene rings is 2. The summed E-state index contributed by atoms with van der Waals surface area (Å²) in [4.78, 5) is 5.29. The van der Waals surface area contributed by atoms with Gasteiger partial charge in [0.25, 0.3) is 0 Å². The highest BCUT2D eigenvalue weighted by molar-refractivity contribution is 5.91. The van der Waals surface area contributed by atoms with Crippen LogP contribution in [0.1, 0.15) is 80.1 Å². The standard InChI is InChI=1S/C30H38N3/c1-10-27-31-28-26(33(27)29-23(18(2)3)12-11-13-24(29)19(4)5)14-15-32(9)30(28)25-17-20(6)16-21(7)22(25)8/h11-19H,10H2,1-9H3/q+1. The fourth-order valence-corrected chi connectivity index (χ4v) is 5.09. The fraction of sp³-hybridized carbons (Fsp3) is 0.400. The van der Waals surface area contributed by atoms with E-state index in [4.69, 9.17) is 4.98 Å². The average molecular weight is 441 g/mol. The molecule has 0 aliphatic rings. The molecule has 0 spiro atoms. The molecule has 2 heterocycles. The molecule has 172 valence electrons. The molecule has 0 amide bonds. The van der Waals surface area contributed by atoms with Crippen LogP contribution in [-0.4, -0.2) is 9.55 Å². The van der Waals surface area contributed by atoms with E-state index in [1.165, 1.54) is 50.3 Å². The van der Waals surface area contributed by atoms with Crippen molar-refractivity contribution in [1.29, 1.82) is 0 Å². The van der Waals surface area contributed by atoms with E-state index in [0.29, 0.717) is 11.8 Å². The summed E-state index contributed by atoms with van der Waals surface area (Å²) in [6.07, 6.45) is 3.08. The third-order valence-electron chi connectivity index (χ3n) is 6.96. The van der Waals surface area contributed by atoms with Crippen molar-refractivity contribution in [3.05, 3.63) is 76.2 Å². The van der Waals surface area contributed by atoms with E-state index in [0.717, 1.165) is 17.8 Å². The predicted octanol–water partition coefficient (Wildman–Crippen LogP) is 7.25. The molecular formula is C30H38N3+. The van der Waals surface area contributed by atoms with Gasteiger partial charge in [-0.1, -0.05) is 64.4 Å². The molecule has 3 nitrogen and oxygen atoms in total. The van der Waals surface area contributed by atoms with Gasteiger partial charge in [0.05, 0.1) is 16.8 Å². The first-order chi connectivity index (χ1) is 15.6. The van der Waals surface area contributed by atoms with Crippen LogP contribution in [0.3, 0.4) is 0 Å². The number of aryl methyl sites for hydroxylation is 4. The molecule has 2 aromatic heterocycles. The highest BCUT2D eigenvalue weighted by Crippen LogP contribution is 2.37. The lowest BCUT2D eigenvalue weighted by Gasteiger charge is -2.22. The number of nitrogens with zero attached hydrogens (tertiary/aromatic N) is 3. The maximum absolute atomic E-state index is 5.29. The monoisotopic (exact) mass is 440 g/mol. The SMILES string of the molecule is CCc1nc2c(-c3cc(C)cc(C)c3C)[n+](C)ccc2n1-c1c(C(C)C)cccc1C(C)C. The number of hydrogen-bond donors (Lipinski definition) is 0. The molecule has 0 saturated carbocycles. The molecule has 0 bridgehead atoms. The van der Waals surface area contributed by atoms with Crippen LogP contribution >= 0.6 is 0 Å². The van der Waals surface area contributed by atoms with Gasteiger partial charge in [0.15, 0.2) is 11.7 Å². The molecule has 2 aromatic carbocycles. The maximum Gasteiger partial charge on any atom is 0.240 e. The van der Waals surface area contributed by atoms with Gasteiger partial charge >= 0.3 is 0 Å². The molecule has 0 radical (unpaired) electrons. The first-order valence-corrected chi connectivity index (χ1v) is 12.3. The Kier molecular flexibility index (Phi) is 6.18. The Labute approximate surface area is 199 Å². The Morgan fingerprint density at radius 1 is 0.939 bits per heavy atom. The molecule has 0 aliphatic carbocycles. The smallest absolute Gasteiger partial charge is 0.240 e. The van der Waals surface area contributed by atoms with Crippen molar-refractivity contribution in [3.8, 4) is 16.9 Å². The number of aromatic nitrogens is 3. The summed E-state index contributed by atoms with van der Waals surface area (Å²) in [5.74, 6) is 1.98. The van der Waals surface area contributed by atoms with Crippen LogP contribution in [0.5, 0.6) is 0 Å². The van der Waals surface area contributed by atoms with Crippen molar-refractivity contribution in [2.75, 3.05) is 0 Å². The van der Waals surface area contributed by atoms with E-state index in [1.807, 2.05) is 0 Å². The minimum Gasteiger partial charge on any atom is -0.295 e. The zero-order chi connectivity index (χ0) is 24.0. The minimum absolute atomic E-state index is 0.432. The van der Waals surface area contributed by atoms with E-state index in [-0.39, 0.29) is 0 Å². The molecule has 0 atom stereocenters. The number of imidazole rings is 1. The zero-order valence-electron chi connectivity index (χ0n) is 21.7. The Balaban J connectivity index is 2.15. The lowest BCUT2D eigenvalue weighted by atomic mass is 9.92. The van der Waals surface area contributed by atoms with Crippen LogP contribution in [0.15, 0.2) is 42.6 Å². The molecule has 4 aromatic rings. The maximum atomic E-state index is 5.29. The molecule has 0 fully saturated rings. The number of para-hydroxylation sites is 1. The molecule has 0 aliphatic heterocycles. The van der Waals surface area contributed by atoms with Gasteiger partial charge in [-0.3, -0.25) is 4.57 Å². The Bertz CT molecular complexity index is 1310. The number of pyridine rings is 1. The van der Waals surface area contributed by atoms with Gasteiger partial charge in [-0.25, -0.2) is 4.98 Å². The zero-order valence-corrected chi connectivity index (χ0v) is 21.7. The molecule has 4 rings (SSSR count). The van der Waals surface area contributed by atoms with Crippen LogP contribution in [0, 0.1) is 20.8 Å². The quantitative estimate of drug-likeness (QED) is 0.299. The normalized spacial score (nSPS) is 11.8. The van der Waals surface area contributed by atoms with Gasteiger partial charge in [-0.05, 0) is 60.9 Å². The van der Waals surface area contributed by atoms with Crippen molar-refractivity contribution >= 4 is 11.0 Å². The first-order valence-electron chi connectivity index (χ1n) is 12.3. The first kappa shape index (κ1) is 23.2. The van der Waals surface area contributed by atoms with Crippen LogP contribution in [-0.2, 0) is 13.5 Å². The average Bonchev–Trinajstić information content (AvgIpc) is 3.14. The highest BCUT2D eigenvalue weighted by atomic mass is 15.1. The topological polar surface area (TPSA) is 21.7 Å². The van der Waals surface area contributed by atoms with Gasteiger partial charge in [-0.15, -0.1) is 0 Å². The summed E-state index contributed by atoms with van der Waals surface area (Å²) in [7, 11) is 2.14. The van der Waals surface area contributed by atoms with Crippen molar-refractivity contribution in [2.45, 2.75) is 73.6 Å². The Hall–Kier alpha value is -2.94. The third kappa shape index (κ3) is 3.88. The Morgan fingerprint density at radius 2 is 1.58 bits per heavy atom. The molecule has 0 unspecified atom stereocenters. The van der Waals surface area contributed by atoms with E-state index in [9.17, 15) is 0 Å². The fourth-order valence-electron chi connectivity index (χ4n) is 5.09. The van der Waals surface area contributed by atoms with E-state index >= 15 is 0 Å².